The molecule has 0 N–H and O–H groups in total. The molecule has 0 spiro atoms. The van der Waals surface area contributed by atoms with Gasteiger partial charge in [-0.25, -0.2) is 0 Å². The third-order valence-electron chi connectivity index (χ3n) is 1.85. The van der Waals surface area contributed by atoms with Crippen LogP contribution in [0.2, 0.25) is 0 Å². The number of hydrogen-bond acceptors (Lipinski definition) is 2. The molecule has 1 aliphatic heterocycles. The summed E-state index contributed by atoms with van der Waals surface area (Å²) in [6, 6.07) is 2.25. The third-order valence-corrected chi connectivity index (χ3v) is 1.85. The van der Waals surface area contributed by atoms with Crippen LogP contribution in [0.1, 0.15) is 27.2 Å². The van der Waals surface area contributed by atoms with Gasteiger partial charge in [0.25, 0.3) is 0 Å². The number of nitrogens with zero attached hydrogens (tertiary/aromatic N) is 1. The highest BCUT2D eigenvalue weighted by Crippen LogP contribution is 2.33. The van der Waals surface area contributed by atoms with E-state index in [-0.39, 0.29) is 5.41 Å². The number of ether oxygens (including phenoxy) is 1. The molecule has 0 radical (unpaired) electrons. The normalized spacial score (nSPS) is 31.4. The van der Waals surface area contributed by atoms with E-state index in [1.807, 2.05) is 20.8 Å². The van der Waals surface area contributed by atoms with Gasteiger partial charge in [-0.2, -0.15) is 5.26 Å². The summed E-state index contributed by atoms with van der Waals surface area (Å²) in [5.74, 6) is 0. The minimum atomic E-state index is -0.213. The molecule has 0 aliphatic carbocycles. The quantitative estimate of drug-likeness (QED) is 0.546. The van der Waals surface area contributed by atoms with Gasteiger partial charge in [0.05, 0.1) is 23.7 Å². The van der Waals surface area contributed by atoms with Gasteiger partial charge < -0.3 is 4.74 Å². The van der Waals surface area contributed by atoms with Crippen LogP contribution in [-0.2, 0) is 4.74 Å². The van der Waals surface area contributed by atoms with E-state index >= 15 is 0 Å². The molecular weight excluding hydrogens is 126 g/mol. The second-order valence-electron chi connectivity index (χ2n) is 3.58. The molecule has 1 fully saturated rings. The van der Waals surface area contributed by atoms with Crippen molar-refractivity contribution >= 4 is 0 Å². The van der Waals surface area contributed by atoms with Crippen molar-refractivity contribution in [2.45, 2.75) is 39.4 Å². The average Bonchev–Trinajstić information content (AvgIpc) is 2.46. The van der Waals surface area contributed by atoms with Gasteiger partial charge in [-0.15, -0.1) is 0 Å². The Labute approximate surface area is 61.8 Å². The van der Waals surface area contributed by atoms with Crippen LogP contribution < -0.4 is 0 Å². The molecule has 2 heteroatoms. The van der Waals surface area contributed by atoms with E-state index in [0.717, 1.165) is 6.42 Å². The molecule has 2 unspecified atom stereocenters. The van der Waals surface area contributed by atoms with Gasteiger partial charge in [0.15, 0.2) is 0 Å². The van der Waals surface area contributed by atoms with E-state index in [4.69, 9.17) is 10.00 Å². The number of epoxide rings is 1. The van der Waals surface area contributed by atoms with Gasteiger partial charge in [0.1, 0.15) is 0 Å². The largest absolute Gasteiger partial charge is 0.370 e. The Balaban J connectivity index is 2.33. The van der Waals surface area contributed by atoms with Gasteiger partial charge in [0.2, 0.25) is 0 Å². The van der Waals surface area contributed by atoms with Crippen LogP contribution in [0, 0.1) is 16.7 Å². The monoisotopic (exact) mass is 139 g/mol. The van der Waals surface area contributed by atoms with Crippen LogP contribution in [0.25, 0.3) is 0 Å². The fraction of sp³-hybridized carbons (Fsp3) is 0.875. The van der Waals surface area contributed by atoms with Gasteiger partial charge in [-0.3, -0.25) is 0 Å². The molecule has 1 saturated heterocycles. The van der Waals surface area contributed by atoms with Crippen molar-refractivity contribution < 1.29 is 4.74 Å². The Bertz CT molecular complexity index is 169. The van der Waals surface area contributed by atoms with Crippen molar-refractivity contribution in [2.24, 2.45) is 5.41 Å². The lowest BCUT2D eigenvalue weighted by molar-refractivity contribution is 0.324. The van der Waals surface area contributed by atoms with E-state index in [0.29, 0.717) is 12.2 Å². The molecule has 2 atom stereocenters. The second-order valence-corrected chi connectivity index (χ2v) is 3.58. The Hall–Kier alpha value is -0.550. The molecule has 0 aromatic carbocycles. The van der Waals surface area contributed by atoms with Gasteiger partial charge in [-0.05, 0) is 27.2 Å². The zero-order valence-corrected chi connectivity index (χ0v) is 6.72. The van der Waals surface area contributed by atoms with Crippen molar-refractivity contribution in [1.29, 1.82) is 5.26 Å². The third kappa shape index (κ3) is 1.71. The molecule has 1 aliphatic rings. The fourth-order valence-corrected chi connectivity index (χ4v) is 0.993. The predicted octanol–water partition coefficient (Wildman–Crippen LogP) is 1.71. The zero-order chi connectivity index (χ0) is 7.78. The molecular formula is C8H13NO. The number of nitriles is 1. The van der Waals surface area contributed by atoms with Crippen molar-refractivity contribution in [3.63, 3.8) is 0 Å². The van der Waals surface area contributed by atoms with E-state index in [1.54, 1.807) is 0 Å². The van der Waals surface area contributed by atoms with E-state index in [2.05, 4.69) is 6.07 Å². The Morgan fingerprint density at radius 1 is 1.60 bits per heavy atom. The van der Waals surface area contributed by atoms with E-state index in [1.165, 1.54) is 0 Å². The maximum Gasteiger partial charge on any atom is 0.0854 e. The summed E-state index contributed by atoms with van der Waals surface area (Å²) < 4.78 is 5.20. The summed E-state index contributed by atoms with van der Waals surface area (Å²) in [7, 11) is 0. The topological polar surface area (TPSA) is 36.3 Å². The molecule has 0 aromatic heterocycles. The molecule has 0 bridgehead atoms. The van der Waals surface area contributed by atoms with E-state index in [9.17, 15) is 0 Å². The molecule has 10 heavy (non-hydrogen) atoms. The summed E-state index contributed by atoms with van der Waals surface area (Å²) in [6.45, 7) is 5.93. The lowest BCUT2D eigenvalue weighted by Crippen LogP contribution is -2.11. The van der Waals surface area contributed by atoms with Crippen LogP contribution in [0.4, 0.5) is 0 Å². The van der Waals surface area contributed by atoms with Crippen LogP contribution in [0.5, 0.6) is 0 Å². The minimum Gasteiger partial charge on any atom is -0.370 e. The predicted molar refractivity (Wildman–Crippen MR) is 38.3 cm³/mol. The second kappa shape index (κ2) is 2.25. The van der Waals surface area contributed by atoms with E-state index < -0.39 is 0 Å². The number of hydrogen-bond donors (Lipinski definition) is 0. The lowest BCUT2D eigenvalue weighted by atomic mass is 9.89. The Kier molecular flexibility index (Phi) is 1.70. The van der Waals surface area contributed by atoms with Gasteiger partial charge in [0, 0.05) is 0 Å². The zero-order valence-electron chi connectivity index (χ0n) is 6.72. The maximum absolute atomic E-state index is 8.65. The molecule has 56 valence electrons. The molecule has 2 nitrogen and oxygen atoms in total. The summed E-state index contributed by atoms with van der Waals surface area (Å²) in [6.07, 6.45) is 1.59. The van der Waals surface area contributed by atoms with Crippen molar-refractivity contribution in [3.8, 4) is 6.07 Å². The lowest BCUT2D eigenvalue weighted by Gasteiger charge is -2.11. The Morgan fingerprint density at radius 2 is 2.10 bits per heavy atom. The van der Waals surface area contributed by atoms with Crippen LogP contribution in [0.3, 0.4) is 0 Å². The maximum atomic E-state index is 8.65. The first-order valence-corrected chi connectivity index (χ1v) is 3.62. The summed E-state index contributed by atoms with van der Waals surface area (Å²) in [4.78, 5) is 0. The molecule has 0 aromatic rings. The summed E-state index contributed by atoms with van der Waals surface area (Å²) >= 11 is 0. The summed E-state index contributed by atoms with van der Waals surface area (Å²) in [5, 5.41) is 8.65. The SMILES string of the molecule is CC1OC1CC(C)(C)C#N. The average molecular weight is 139 g/mol. The first-order valence-electron chi connectivity index (χ1n) is 3.62. The smallest absolute Gasteiger partial charge is 0.0854 e. The highest BCUT2D eigenvalue weighted by atomic mass is 16.6. The minimum absolute atomic E-state index is 0.213. The standard InChI is InChI=1S/C8H13NO/c1-6-7(10-6)4-8(2,3)5-9/h6-7H,4H2,1-3H3. The van der Waals surface area contributed by atoms with Crippen LogP contribution >= 0.6 is 0 Å². The van der Waals surface area contributed by atoms with Crippen molar-refractivity contribution in [1.82, 2.24) is 0 Å². The number of rotatable bonds is 2. The first-order chi connectivity index (χ1) is 4.55. The highest BCUT2D eigenvalue weighted by Gasteiger charge is 2.38. The van der Waals surface area contributed by atoms with Crippen LogP contribution in [0.15, 0.2) is 0 Å². The molecule has 1 heterocycles. The molecule has 1 rings (SSSR count). The highest BCUT2D eigenvalue weighted by molar-refractivity contribution is 4.97. The summed E-state index contributed by atoms with van der Waals surface area (Å²) in [5.41, 5.74) is -0.213. The van der Waals surface area contributed by atoms with Gasteiger partial charge >= 0.3 is 0 Å². The Morgan fingerprint density at radius 3 is 2.40 bits per heavy atom. The fourth-order valence-electron chi connectivity index (χ4n) is 0.993. The molecule has 0 saturated carbocycles. The van der Waals surface area contributed by atoms with Crippen LogP contribution in [-0.4, -0.2) is 12.2 Å². The van der Waals surface area contributed by atoms with Crippen molar-refractivity contribution in [2.75, 3.05) is 0 Å². The van der Waals surface area contributed by atoms with Gasteiger partial charge in [-0.1, -0.05) is 0 Å². The molecule has 0 amide bonds. The first kappa shape index (κ1) is 7.56. The van der Waals surface area contributed by atoms with Crippen molar-refractivity contribution in [3.05, 3.63) is 0 Å².